The molecule has 0 radical (unpaired) electrons. The number of carbonyl (C=O) groups excluding carboxylic acids is 2. The molecule has 7 nitrogen and oxygen atoms in total. The molecule has 0 fully saturated rings. The van der Waals surface area contributed by atoms with E-state index in [9.17, 15) is 18.0 Å². The molecule has 0 bridgehead atoms. The van der Waals surface area contributed by atoms with Crippen LogP contribution in [0.4, 0.5) is 5.69 Å². The van der Waals surface area contributed by atoms with E-state index in [1.54, 1.807) is 30.3 Å². The van der Waals surface area contributed by atoms with Gasteiger partial charge in [0.1, 0.15) is 12.6 Å². The van der Waals surface area contributed by atoms with Crippen molar-refractivity contribution in [2.45, 2.75) is 51.6 Å². The Morgan fingerprint density at radius 3 is 2.19 bits per heavy atom. The van der Waals surface area contributed by atoms with E-state index in [4.69, 9.17) is 0 Å². The van der Waals surface area contributed by atoms with Gasteiger partial charge in [0.05, 0.1) is 10.6 Å². The van der Waals surface area contributed by atoms with Crippen LogP contribution in [0.15, 0.2) is 77.7 Å². The normalized spacial score (nSPS) is 12.0. The van der Waals surface area contributed by atoms with Crippen LogP contribution in [0, 0.1) is 20.8 Å². The second kappa shape index (κ2) is 12.1. The molecule has 0 saturated heterocycles. The van der Waals surface area contributed by atoms with Crippen LogP contribution in [0.2, 0.25) is 0 Å². The quantitative estimate of drug-likeness (QED) is 0.430. The Balaban J connectivity index is 2.07. The van der Waals surface area contributed by atoms with E-state index >= 15 is 0 Å². The first kappa shape index (κ1) is 27.9. The number of benzene rings is 3. The Morgan fingerprint density at radius 1 is 0.892 bits per heavy atom. The number of anilines is 1. The van der Waals surface area contributed by atoms with Crippen molar-refractivity contribution in [3.63, 3.8) is 0 Å². The standard InChI is InChI=1S/C29H35N3O4S/c1-6-27(29(34)30-5)31(19-24-12-10-11-21(2)17-24)28(33)20-32(25-16-15-22(3)23(4)18-25)37(35,36)26-13-8-7-9-14-26/h7-18,27H,6,19-20H2,1-5H3,(H,30,34)/t27-/m0/s1. The number of amides is 2. The third-order valence-corrected chi connectivity index (χ3v) is 8.24. The van der Waals surface area contributed by atoms with Crippen molar-refractivity contribution in [3.8, 4) is 0 Å². The summed E-state index contributed by atoms with van der Waals surface area (Å²) in [5.41, 5.74) is 4.20. The minimum Gasteiger partial charge on any atom is -0.357 e. The minimum absolute atomic E-state index is 0.0876. The van der Waals surface area contributed by atoms with E-state index in [1.807, 2.05) is 58.0 Å². The van der Waals surface area contributed by atoms with Gasteiger partial charge in [0.25, 0.3) is 10.0 Å². The van der Waals surface area contributed by atoms with E-state index in [1.165, 1.54) is 24.1 Å². The van der Waals surface area contributed by atoms with Gasteiger partial charge in [-0.2, -0.15) is 0 Å². The number of hydrogen-bond donors (Lipinski definition) is 1. The van der Waals surface area contributed by atoms with Gasteiger partial charge in [-0.15, -0.1) is 0 Å². The van der Waals surface area contributed by atoms with Crippen LogP contribution in [-0.2, 0) is 26.2 Å². The number of nitrogens with one attached hydrogen (secondary N) is 1. The number of hydrogen-bond acceptors (Lipinski definition) is 4. The third kappa shape index (κ3) is 6.57. The van der Waals surface area contributed by atoms with Gasteiger partial charge < -0.3 is 10.2 Å². The number of aryl methyl sites for hydroxylation is 3. The van der Waals surface area contributed by atoms with Crippen molar-refractivity contribution in [1.29, 1.82) is 0 Å². The second-order valence-corrected chi connectivity index (χ2v) is 11.0. The molecule has 1 N–H and O–H groups in total. The monoisotopic (exact) mass is 521 g/mol. The molecule has 8 heteroatoms. The molecule has 37 heavy (non-hydrogen) atoms. The molecule has 3 rings (SSSR count). The van der Waals surface area contributed by atoms with Crippen molar-refractivity contribution >= 4 is 27.5 Å². The lowest BCUT2D eigenvalue weighted by Crippen LogP contribution is -2.51. The maximum atomic E-state index is 13.9. The molecule has 0 aliphatic carbocycles. The van der Waals surface area contributed by atoms with Gasteiger partial charge in [-0.1, -0.05) is 61.0 Å². The molecule has 0 spiro atoms. The van der Waals surface area contributed by atoms with Crippen molar-refractivity contribution < 1.29 is 18.0 Å². The van der Waals surface area contributed by atoms with E-state index in [2.05, 4.69) is 5.32 Å². The predicted octanol–water partition coefficient (Wildman–Crippen LogP) is 4.36. The predicted molar refractivity (Wildman–Crippen MR) is 147 cm³/mol. The zero-order valence-corrected chi connectivity index (χ0v) is 22.9. The summed E-state index contributed by atoms with van der Waals surface area (Å²) in [5, 5.41) is 2.64. The third-order valence-electron chi connectivity index (χ3n) is 6.46. The van der Waals surface area contributed by atoms with Crippen LogP contribution in [0.5, 0.6) is 0 Å². The van der Waals surface area contributed by atoms with Crippen molar-refractivity contribution in [2.75, 3.05) is 17.9 Å². The number of sulfonamides is 1. The molecule has 0 aromatic heterocycles. The van der Waals surface area contributed by atoms with Gasteiger partial charge in [0.2, 0.25) is 11.8 Å². The summed E-state index contributed by atoms with van der Waals surface area (Å²) in [6.45, 7) is 7.37. The molecule has 1 atom stereocenters. The van der Waals surface area contributed by atoms with E-state index in [0.717, 1.165) is 26.6 Å². The topological polar surface area (TPSA) is 86.8 Å². The van der Waals surface area contributed by atoms with Crippen LogP contribution in [-0.4, -0.2) is 44.8 Å². The first-order chi connectivity index (χ1) is 17.6. The fourth-order valence-corrected chi connectivity index (χ4v) is 5.65. The summed E-state index contributed by atoms with van der Waals surface area (Å²) in [4.78, 5) is 28.2. The fraction of sp³-hybridized carbons (Fsp3) is 0.310. The number of nitrogens with zero attached hydrogens (tertiary/aromatic N) is 2. The Kier molecular flexibility index (Phi) is 9.10. The molecule has 0 saturated carbocycles. The average Bonchev–Trinajstić information content (AvgIpc) is 2.89. The highest BCUT2D eigenvalue weighted by Gasteiger charge is 2.33. The van der Waals surface area contributed by atoms with E-state index < -0.39 is 28.5 Å². The van der Waals surface area contributed by atoms with Crippen LogP contribution in [0.1, 0.15) is 35.6 Å². The number of carbonyl (C=O) groups is 2. The van der Waals surface area contributed by atoms with E-state index in [0.29, 0.717) is 12.1 Å². The van der Waals surface area contributed by atoms with Crippen molar-refractivity contribution in [2.24, 2.45) is 0 Å². The molecule has 0 aliphatic heterocycles. The molecular weight excluding hydrogens is 486 g/mol. The maximum absolute atomic E-state index is 13.9. The van der Waals surface area contributed by atoms with Gasteiger partial charge in [-0.05, 0) is 68.1 Å². The van der Waals surface area contributed by atoms with Gasteiger partial charge >= 0.3 is 0 Å². The smallest absolute Gasteiger partial charge is 0.264 e. The zero-order chi connectivity index (χ0) is 27.2. The molecule has 0 heterocycles. The van der Waals surface area contributed by atoms with Crippen LogP contribution < -0.4 is 9.62 Å². The summed E-state index contributed by atoms with van der Waals surface area (Å²) in [6.07, 6.45) is 0.381. The van der Waals surface area contributed by atoms with Crippen molar-refractivity contribution in [3.05, 3.63) is 95.1 Å². The summed E-state index contributed by atoms with van der Waals surface area (Å²) >= 11 is 0. The molecule has 0 unspecified atom stereocenters. The summed E-state index contributed by atoms with van der Waals surface area (Å²) in [6, 6.07) is 20.3. The number of rotatable bonds is 10. The molecule has 2 amide bonds. The lowest BCUT2D eigenvalue weighted by molar-refractivity contribution is -0.140. The molecule has 3 aromatic rings. The van der Waals surface area contributed by atoms with Crippen LogP contribution in [0.3, 0.4) is 0 Å². The largest absolute Gasteiger partial charge is 0.357 e. The molecule has 3 aromatic carbocycles. The van der Waals surface area contributed by atoms with Gasteiger partial charge in [-0.25, -0.2) is 8.42 Å². The number of likely N-dealkylation sites (N-methyl/N-ethyl adjacent to an activating group) is 1. The van der Waals surface area contributed by atoms with Gasteiger partial charge in [0, 0.05) is 13.6 Å². The fourth-order valence-electron chi connectivity index (χ4n) is 4.22. The summed E-state index contributed by atoms with van der Waals surface area (Å²) < 4.78 is 28.7. The molecular formula is C29H35N3O4S. The molecule has 196 valence electrons. The first-order valence-corrected chi connectivity index (χ1v) is 13.7. The molecule has 0 aliphatic rings. The van der Waals surface area contributed by atoms with Gasteiger partial charge in [-0.3, -0.25) is 13.9 Å². The minimum atomic E-state index is -4.06. The SMILES string of the molecule is CC[C@@H](C(=O)NC)N(Cc1cccc(C)c1)C(=O)CN(c1ccc(C)c(C)c1)S(=O)(=O)c1ccccc1. The van der Waals surface area contributed by atoms with Crippen LogP contribution in [0.25, 0.3) is 0 Å². The maximum Gasteiger partial charge on any atom is 0.264 e. The highest BCUT2D eigenvalue weighted by Crippen LogP contribution is 2.26. The van der Waals surface area contributed by atoms with Gasteiger partial charge in [0.15, 0.2) is 0 Å². The van der Waals surface area contributed by atoms with E-state index in [-0.39, 0.29) is 17.3 Å². The lowest BCUT2D eigenvalue weighted by Gasteiger charge is -2.33. The highest BCUT2D eigenvalue weighted by atomic mass is 32.2. The van der Waals surface area contributed by atoms with Crippen molar-refractivity contribution in [1.82, 2.24) is 10.2 Å². The van der Waals surface area contributed by atoms with Crippen LogP contribution >= 0.6 is 0 Å². The highest BCUT2D eigenvalue weighted by molar-refractivity contribution is 7.92. The Hall–Kier alpha value is -3.65. The Morgan fingerprint density at radius 2 is 1.59 bits per heavy atom. The zero-order valence-electron chi connectivity index (χ0n) is 22.1. The average molecular weight is 522 g/mol. The Bertz CT molecular complexity index is 1360. The summed E-state index contributed by atoms with van der Waals surface area (Å²) in [5.74, 6) is -0.762. The first-order valence-electron chi connectivity index (χ1n) is 12.3. The Labute approximate surface area is 220 Å². The second-order valence-electron chi connectivity index (χ2n) is 9.14. The summed E-state index contributed by atoms with van der Waals surface area (Å²) in [7, 11) is -2.54. The lowest BCUT2D eigenvalue weighted by atomic mass is 10.1.